The Morgan fingerprint density at radius 1 is 0.936 bits per heavy atom. The molecular formula is C35H46F7LiN2O2-2. The maximum Gasteiger partial charge on any atom is 1.00 e. The van der Waals surface area contributed by atoms with E-state index in [0.717, 1.165) is 57.5 Å². The molecule has 0 aliphatic carbocycles. The Kier molecular flexibility index (Phi) is 17.6. The summed E-state index contributed by atoms with van der Waals surface area (Å²) in [6.45, 7) is 15.2. The summed E-state index contributed by atoms with van der Waals surface area (Å²) in [5.74, 6) is -5.84. The number of likely N-dealkylation sites (tertiary alicyclic amines) is 1. The van der Waals surface area contributed by atoms with Gasteiger partial charge in [0.15, 0.2) is 0 Å². The van der Waals surface area contributed by atoms with Crippen molar-refractivity contribution in [3.63, 3.8) is 0 Å². The number of hydrogen-bond donors (Lipinski definition) is 1. The molecular weight excluding hydrogens is 620 g/mol. The van der Waals surface area contributed by atoms with Crippen molar-refractivity contribution in [1.29, 1.82) is 0 Å². The van der Waals surface area contributed by atoms with Crippen molar-refractivity contribution in [3.8, 4) is 0 Å². The third-order valence-electron chi connectivity index (χ3n) is 8.39. The number of benzene rings is 2. The van der Waals surface area contributed by atoms with E-state index in [-0.39, 0.29) is 43.3 Å². The van der Waals surface area contributed by atoms with E-state index in [4.69, 9.17) is 0 Å². The molecule has 0 radical (unpaired) electrons. The summed E-state index contributed by atoms with van der Waals surface area (Å²) in [6, 6.07) is 4.08. The minimum Gasteiger partial charge on any atom is -0.480 e. The Hall–Kier alpha value is -2.06. The molecule has 1 heterocycles. The van der Waals surface area contributed by atoms with Crippen LogP contribution in [0.1, 0.15) is 97.6 Å². The number of carbonyl (C=O) groups is 1. The number of rotatable bonds is 13. The molecule has 1 aliphatic heterocycles. The Morgan fingerprint density at radius 2 is 1.49 bits per heavy atom. The summed E-state index contributed by atoms with van der Waals surface area (Å²) >= 11 is 0. The van der Waals surface area contributed by atoms with Crippen LogP contribution in [0.15, 0.2) is 30.3 Å². The SMILES string of the molecule is [CH2-]C(C)(F)F.[CH2-]CC(C[CH2-])c1c(C(C(=O)O)N(C)CC[C@H](CCN2CCCCC2)c2cc(C(F)(F)F)ccc2F)ccc(F)c1C.[Li+]. The Labute approximate surface area is 287 Å². The van der Waals surface area contributed by atoms with Crippen LogP contribution >= 0.6 is 0 Å². The molecule has 0 saturated carbocycles. The number of alkyl halides is 5. The monoisotopic (exact) mass is 666 g/mol. The molecule has 1 saturated heterocycles. The van der Waals surface area contributed by atoms with Gasteiger partial charge < -0.3 is 23.9 Å². The van der Waals surface area contributed by atoms with Crippen LogP contribution in [0.5, 0.6) is 0 Å². The summed E-state index contributed by atoms with van der Waals surface area (Å²) in [5.41, 5.74) is 0.438. The van der Waals surface area contributed by atoms with Gasteiger partial charge in [-0.25, -0.2) is 17.6 Å². The summed E-state index contributed by atoms with van der Waals surface area (Å²) in [5, 5.41) is 10.3. The molecule has 2 aromatic carbocycles. The minimum atomic E-state index is -4.61. The minimum absolute atomic E-state index is 0. The first kappa shape index (κ1) is 43.0. The number of hydrogen-bond acceptors (Lipinski definition) is 3. The molecule has 0 aromatic heterocycles. The standard InChI is InChI=1S/C32H41F5N2O2.C3H5F2.Li/c1-5-22(6-2)29-21(3)27(33)13-11-25(29)30(31(40)41)38(4)18-14-23(15-19-39-16-8-7-9-17-39)26-20-24(32(35,36)37)10-12-28(26)34;1-3(2,4)5;/h10-13,20,22-23,30H,1-2,5-9,14-19H2,3-4H3,(H,40,41);1H2,2H3;/q-2;-1;+1/t23-,30?;;/m1../s1. The van der Waals surface area contributed by atoms with Gasteiger partial charge in [0.1, 0.15) is 23.6 Å². The van der Waals surface area contributed by atoms with Crippen LogP contribution in [0.25, 0.3) is 0 Å². The predicted octanol–water partition coefficient (Wildman–Crippen LogP) is 6.41. The zero-order chi connectivity index (χ0) is 34.8. The van der Waals surface area contributed by atoms with Crippen molar-refractivity contribution >= 4 is 5.97 Å². The fraction of sp³-hybridized carbons (Fsp3) is 0.543. The Morgan fingerprint density at radius 3 is 2.00 bits per heavy atom. The fourth-order valence-corrected chi connectivity index (χ4v) is 5.99. The smallest absolute Gasteiger partial charge is 0.480 e. The topological polar surface area (TPSA) is 43.8 Å². The number of halogens is 7. The van der Waals surface area contributed by atoms with E-state index in [1.165, 1.54) is 12.1 Å². The second-order valence-electron chi connectivity index (χ2n) is 12.2. The van der Waals surface area contributed by atoms with Gasteiger partial charge in [0.25, 0.3) is 0 Å². The van der Waals surface area contributed by atoms with Crippen molar-refractivity contribution in [3.05, 3.63) is 90.6 Å². The number of likely N-dealkylation sites (N-methyl/N-ethyl adjacent to an activating group) is 1. The number of nitrogens with zero attached hydrogens (tertiary/aromatic N) is 2. The van der Waals surface area contributed by atoms with Gasteiger partial charge in [-0.3, -0.25) is 16.6 Å². The molecule has 0 amide bonds. The molecule has 1 aliphatic rings. The largest absolute Gasteiger partial charge is 1.00 e. The molecule has 4 nitrogen and oxygen atoms in total. The summed E-state index contributed by atoms with van der Waals surface area (Å²) in [6.07, 6.45) is 0.123. The maximum atomic E-state index is 15.0. The van der Waals surface area contributed by atoms with Gasteiger partial charge in [0, 0.05) is 0 Å². The van der Waals surface area contributed by atoms with E-state index in [9.17, 15) is 36.2 Å². The van der Waals surface area contributed by atoms with Crippen LogP contribution in [0.4, 0.5) is 30.7 Å². The predicted molar refractivity (Wildman–Crippen MR) is 166 cm³/mol. The van der Waals surface area contributed by atoms with Crippen LogP contribution in [0.2, 0.25) is 0 Å². The number of carboxylic acid groups (broad SMARTS) is 1. The number of aliphatic carboxylic acids is 1. The quantitative estimate of drug-likeness (QED) is 0.153. The van der Waals surface area contributed by atoms with Crippen molar-refractivity contribution in [1.82, 2.24) is 9.80 Å². The van der Waals surface area contributed by atoms with Gasteiger partial charge >= 0.3 is 31.0 Å². The average Bonchev–Trinajstić information content (AvgIpc) is 2.96. The van der Waals surface area contributed by atoms with E-state index < -0.39 is 47.2 Å². The van der Waals surface area contributed by atoms with Gasteiger partial charge in [-0.15, -0.1) is 0 Å². The van der Waals surface area contributed by atoms with E-state index in [1.54, 1.807) is 18.9 Å². The van der Waals surface area contributed by atoms with Crippen LogP contribution in [-0.2, 0) is 11.0 Å². The molecule has 2 aromatic rings. The summed E-state index contributed by atoms with van der Waals surface area (Å²) < 4.78 is 92.0. The van der Waals surface area contributed by atoms with Gasteiger partial charge in [-0.2, -0.15) is 26.0 Å². The van der Waals surface area contributed by atoms with Crippen LogP contribution in [0, 0.1) is 39.3 Å². The van der Waals surface area contributed by atoms with E-state index in [0.29, 0.717) is 42.5 Å². The third-order valence-corrected chi connectivity index (χ3v) is 8.39. The zero-order valence-electron chi connectivity index (χ0n) is 27.9. The second kappa shape index (κ2) is 19.2. The average molecular weight is 667 g/mol. The van der Waals surface area contributed by atoms with Crippen molar-refractivity contribution in [2.45, 2.75) is 88.8 Å². The molecule has 0 bridgehead atoms. The van der Waals surface area contributed by atoms with Crippen molar-refractivity contribution < 1.29 is 59.5 Å². The third kappa shape index (κ3) is 13.4. The molecule has 1 unspecified atom stereocenters. The normalized spacial score (nSPS) is 15.6. The second-order valence-corrected chi connectivity index (χ2v) is 12.2. The zero-order valence-corrected chi connectivity index (χ0v) is 27.9. The molecule has 1 N–H and O–H groups in total. The van der Waals surface area contributed by atoms with Crippen LogP contribution in [0.3, 0.4) is 0 Å². The maximum absolute atomic E-state index is 15.0. The van der Waals surface area contributed by atoms with E-state index >= 15 is 4.39 Å². The fourth-order valence-electron chi connectivity index (χ4n) is 5.99. The first-order chi connectivity index (χ1) is 21.4. The van der Waals surface area contributed by atoms with Gasteiger partial charge in [0.05, 0.1) is 5.56 Å². The van der Waals surface area contributed by atoms with Crippen LogP contribution in [-0.4, -0.2) is 60.0 Å². The molecule has 3 rings (SSSR count). The molecule has 1 fully saturated rings. The summed E-state index contributed by atoms with van der Waals surface area (Å²) in [7, 11) is 1.62. The molecule has 260 valence electrons. The van der Waals surface area contributed by atoms with Gasteiger partial charge in [-0.1, -0.05) is 18.4 Å². The number of carboxylic acids is 1. The van der Waals surface area contributed by atoms with Gasteiger partial charge in [-0.05, 0) is 125 Å². The molecule has 2 atom stereocenters. The van der Waals surface area contributed by atoms with E-state index in [2.05, 4.69) is 25.7 Å². The van der Waals surface area contributed by atoms with E-state index in [1.807, 2.05) is 0 Å². The first-order valence-electron chi connectivity index (χ1n) is 15.5. The number of piperidine rings is 1. The Balaban J connectivity index is 0.00000171. The van der Waals surface area contributed by atoms with Gasteiger partial charge in [0.2, 0.25) is 0 Å². The van der Waals surface area contributed by atoms with Crippen molar-refractivity contribution in [2.24, 2.45) is 0 Å². The summed E-state index contributed by atoms with van der Waals surface area (Å²) in [4.78, 5) is 16.4. The van der Waals surface area contributed by atoms with Crippen molar-refractivity contribution in [2.75, 3.05) is 33.2 Å². The first-order valence-corrected chi connectivity index (χ1v) is 15.5. The molecule has 47 heavy (non-hydrogen) atoms. The van der Waals surface area contributed by atoms with Crippen LogP contribution < -0.4 is 18.9 Å². The molecule has 12 heteroatoms. The molecule has 0 spiro atoms. The Bertz CT molecular complexity index is 1250.